The molecule has 5 atom stereocenters. The lowest BCUT2D eigenvalue weighted by Crippen LogP contribution is -2.59. The molecule has 0 bridgehead atoms. The third-order valence-corrected chi connectivity index (χ3v) is 6.32. The van der Waals surface area contributed by atoms with Crippen molar-refractivity contribution in [2.45, 2.75) is 71.1 Å². The number of carbonyl (C=O) groups is 4. The molecule has 37 heavy (non-hydrogen) atoms. The smallest absolute Gasteiger partial charge is 0.326 e. The van der Waals surface area contributed by atoms with Gasteiger partial charge in [0.25, 0.3) is 0 Å². The van der Waals surface area contributed by atoms with E-state index in [0.29, 0.717) is 12.1 Å². The molecule has 2 rings (SSSR count). The van der Waals surface area contributed by atoms with Gasteiger partial charge < -0.3 is 31.8 Å². The molecule has 1 heterocycles. The van der Waals surface area contributed by atoms with Crippen molar-refractivity contribution in [3.8, 4) is 0 Å². The first-order valence-electron chi connectivity index (χ1n) is 12.4. The SMILES string of the molecule is CCC(C)C(N)C(=O)NC(Cc1cnc[nH]1)C(=O)NC(Cc1ccccc1)C(=O)NC(C(=O)O)C(C)C. The minimum absolute atomic E-state index is 0.0915. The number of carbonyl (C=O) groups excluding carboxylic acids is 3. The number of carboxylic acids is 1. The summed E-state index contributed by atoms with van der Waals surface area (Å²) in [6.45, 7) is 7.13. The summed E-state index contributed by atoms with van der Waals surface area (Å²) in [5.41, 5.74) is 7.45. The van der Waals surface area contributed by atoms with Crippen LogP contribution in [0.15, 0.2) is 42.9 Å². The van der Waals surface area contributed by atoms with E-state index < -0.39 is 47.9 Å². The number of aliphatic carboxylic acids is 1. The molecule has 202 valence electrons. The van der Waals surface area contributed by atoms with Gasteiger partial charge in [-0.15, -0.1) is 0 Å². The van der Waals surface area contributed by atoms with Crippen LogP contribution >= 0.6 is 0 Å². The summed E-state index contributed by atoms with van der Waals surface area (Å²) in [5.74, 6) is -3.37. The number of benzene rings is 1. The minimum Gasteiger partial charge on any atom is -0.480 e. The van der Waals surface area contributed by atoms with Crippen LogP contribution in [-0.4, -0.2) is 62.9 Å². The highest BCUT2D eigenvalue weighted by Gasteiger charge is 2.32. The molecule has 0 saturated carbocycles. The van der Waals surface area contributed by atoms with Crippen LogP contribution in [0.1, 0.15) is 45.4 Å². The van der Waals surface area contributed by atoms with Crippen LogP contribution in [0.2, 0.25) is 0 Å². The number of hydrogen-bond acceptors (Lipinski definition) is 6. The number of nitrogens with two attached hydrogens (primary N) is 1. The van der Waals surface area contributed by atoms with E-state index >= 15 is 0 Å². The van der Waals surface area contributed by atoms with Gasteiger partial charge in [-0.2, -0.15) is 0 Å². The number of hydrogen-bond donors (Lipinski definition) is 6. The van der Waals surface area contributed by atoms with E-state index in [4.69, 9.17) is 5.73 Å². The number of nitrogens with one attached hydrogen (secondary N) is 4. The summed E-state index contributed by atoms with van der Waals surface area (Å²) in [6, 6.07) is 4.97. The van der Waals surface area contributed by atoms with Gasteiger partial charge >= 0.3 is 5.97 Å². The molecule has 1 aromatic carbocycles. The summed E-state index contributed by atoms with van der Waals surface area (Å²) >= 11 is 0. The predicted octanol–water partition coefficient (Wildman–Crippen LogP) is 0.763. The van der Waals surface area contributed by atoms with Crippen molar-refractivity contribution in [3.63, 3.8) is 0 Å². The Balaban J connectivity index is 2.28. The van der Waals surface area contributed by atoms with Crippen LogP contribution in [0.5, 0.6) is 0 Å². The second-order valence-corrected chi connectivity index (χ2v) is 9.57. The Morgan fingerprint density at radius 2 is 1.54 bits per heavy atom. The number of nitrogens with zero attached hydrogens (tertiary/aromatic N) is 1. The van der Waals surface area contributed by atoms with E-state index in [1.54, 1.807) is 38.1 Å². The minimum atomic E-state index is -1.17. The molecule has 5 unspecified atom stereocenters. The Hall–Kier alpha value is -3.73. The second kappa shape index (κ2) is 14.1. The highest BCUT2D eigenvalue weighted by Crippen LogP contribution is 2.09. The number of H-pyrrole nitrogens is 1. The molecule has 0 saturated heterocycles. The first-order chi connectivity index (χ1) is 17.5. The molecule has 11 nitrogen and oxygen atoms in total. The van der Waals surface area contributed by atoms with Crippen LogP contribution in [0.4, 0.5) is 0 Å². The van der Waals surface area contributed by atoms with Gasteiger partial charge in [0.15, 0.2) is 0 Å². The van der Waals surface area contributed by atoms with Gasteiger partial charge in [-0.1, -0.05) is 64.4 Å². The maximum Gasteiger partial charge on any atom is 0.326 e. The lowest BCUT2D eigenvalue weighted by atomic mass is 9.98. The standard InChI is InChI=1S/C26H38N6O5/c1-5-16(4)21(27)25(35)31-20(12-18-13-28-14-29-18)23(33)30-19(11-17-9-7-6-8-10-17)24(34)32-22(15(2)3)26(36)37/h6-10,13-16,19-22H,5,11-12,27H2,1-4H3,(H,28,29)(H,30,33)(H,31,35)(H,32,34)(H,36,37). The van der Waals surface area contributed by atoms with Crippen molar-refractivity contribution in [1.29, 1.82) is 0 Å². The highest BCUT2D eigenvalue weighted by molar-refractivity contribution is 5.94. The van der Waals surface area contributed by atoms with Gasteiger partial charge in [-0.25, -0.2) is 9.78 Å². The molecular formula is C26H38N6O5. The number of rotatable bonds is 14. The normalized spacial score (nSPS) is 15.2. The van der Waals surface area contributed by atoms with Crippen molar-refractivity contribution >= 4 is 23.7 Å². The summed E-state index contributed by atoms with van der Waals surface area (Å²) in [6.07, 6.45) is 3.90. The summed E-state index contributed by atoms with van der Waals surface area (Å²) in [7, 11) is 0. The molecule has 2 aromatic rings. The van der Waals surface area contributed by atoms with Gasteiger partial charge in [0.2, 0.25) is 17.7 Å². The van der Waals surface area contributed by atoms with Crippen LogP contribution in [0.3, 0.4) is 0 Å². The largest absolute Gasteiger partial charge is 0.480 e. The first-order valence-corrected chi connectivity index (χ1v) is 12.4. The fourth-order valence-corrected chi connectivity index (χ4v) is 3.70. The van der Waals surface area contributed by atoms with Crippen LogP contribution in [0.25, 0.3) is 0 Å². The zero-order valence-corrected chi connectivity index (χ0v) is 21.7. The fourth-order valence-electron chi connectivity index (χ4n) is 3.70. The highest BCUT2D eigenvalue weighted by atomic mass is 16.4. The third kappa shape index (κ3) is 9.02. The molecule has 0 fully saturated rings. The first kappa shape index (κ1) is 29.5. The molecule has 0 aliphatic heterocycles. The predicted molar refractivity (Wildman–Crippen MR) is 138 cm³/mol. The molecule has 0 spiro atoms. The Morgan fingerprint density at radius 1 is 0.946 bits per heavy atom. The van der Waals surface area contributed by atoms with Crippen molar-refractivity contribution in [1.82, 2.24) is 25.9 Å². The quantitative estimate of drug-likeness (QED) is 0.215. The molecular weight excluding hydrogens is 476 g/mol. The van der Waals surface area contributed by atoms with E-state index in [1.807, 2.05) is 19.9 Å². The lowest BCUT2D eigenvalue weighted by Gasteiger charge is -2.26. The number of carboxylic acid groups (broad SMARTS) is 1. The van der Waals surface area contributed by atoms with E-state index in [-0.39, 0.29) is 24.7 Å². The Labute approximate surface area is 217 Å². The molecule has 7 N–H and O–H groups in total. The van der Waals surface area contributed by atoms with Gasteiger partial charge in [0, 0.05) is 24.7 Å². The maximum atomic E-state index is 13.4. The lowest BCUT2D eigenvalue weighted by molar-refractivity contribution is -0.143. The van der Waals surface area contributed by atoms with Gasteiger partial charge in [0.1, 0.15) is 18.1 Å². The van der Waals surface area contributed by atoms with E-state index in [2.05, 4.69) is 25.9 Å². The molecule has 3 amide bonds. The summed E-state index contributed by atoms with van der Waals surface area (Å²) in [5, 5.41) is 17.5. The molecule has 1 aromatic heterocycles. The van der Waals surface area contributed by atoms with E-state index in [0.717, 1.165) is 5.56 Å². The molecule has 0 aliphatic carbocycles. The van der Waals surface area contributed by atoms with Crippen LogP contribution in [-0.2, 0) is 32.0 Å². The van der Waals surface area contributed by atoms with Crippen molar-refractivity contribution < 1.29 is 24.3 Å². The number of aromatic amines is 1. The Morgan fingerprint density at radius 3 is 2.08 bits per heavy atom. The Kier molecular flexibility index (Phi) is 11.3. The number of amides is 3. The zero-order chi connectivity index (χ0) is 27.5. The van der Waals surface area contributed by atoms with Gasteiger partial charge in [-0.05, 0) is 17.4 Å². The Bertz CT molecular complexity index is 1030. The van der Waals surface area contributed by atoms with Crippen molar-refractivity contribution in [3.05, 3.63) is 54.1 Å². The fraction of sp³-hybridized carbons (Fsp3) is 0.500. The second-order valence-electron chi connectivity index (χ2n) is 9.57. The van der Waals surface area contributed by atoms with Crippen LogP contribution < -0.4 is 21.7 Å². The van der Waals surface area contributed by atoms with Gasteiger partial charge in [0.05, 0.1) is 12.4 Å². The topological polar surface area (TPSA) is 179 Å². The third-order valence-electron chi connectivity index (χ3n) is 6.32. The zero-order valence-electron chi connectivity index (χ0n) is 21.7. The number of imidazole rings is 1. The van der Waals surface area contributed by atoms with E-state index in [1.165, 1.54) is 12.5 Å². The van der Waals surface area contributed by atoms with E-state index in [9.17, 15) is 24.3 Å². The molecule has 0 radical (unpaired) electrons. The van der Waals surface area contributed by atoms with Crippen LogP contribution in [0, 0.1) is 11.8 Å². The monoisotopic (exact) mass is 514 g/mol. The average Bonchev–Trinajstić information content (AvgIpc) is 3.38. The van der Waals surface area contributed by atoms with Crippen molar-refractivity contribution in [2.24, 2.45) is 17.6 Å². The summed E-state index contributed by atoms with van der Waals surface area (Å²) in [4.78, 5) is 57.9. The van der Waals surface area contributed by atoms with Crippen molar-refractivity contribution in [2.75, 3.05) is 0 Å². The summed E-state index contributed by atoms with van der Waals surface area (Å²) < 4.78 is 0. The van der Waals surface area contributed by atoms with Gasteiger partial charge in [-0.3, -0.25) is 14.4 Å². The molecule has 11 heteroatoms. The maximum absolute atomic E-state index is 13.4. The number of aromatic nitrogens is 2. The molecule has 0 aliphatic rings. The average molecular weight is 515 g/mol.